The number of esters is 2. The van der Waals surface area contributed by atoms with Gasteiger partial charge in [0.25, 0.3) is 0 Å². The zero-order chi connectivity index (χ0) is 74.7. The number of nitrogens with two attached hydrogens (primary N) is 1. The summed E-state index contributed by atoms with van der Waals surface area (Å²) >= 11 is 9.53. The van der Waals surface area contributed by atoms with Crippen molar-refractivity contribution in [1.29, 1.82) is 0 Å². The fourth-order valence-electron chi connectivity index (χ4n) is 14.7. The molecule has 2 aromatic heterocycles. The highest BCUT2D eigenvalue weighted by atomic mass is 35.5. The van der Waals surface area contributed by atoms with Crippen molar-refractivity contribution in [1.82, 2.24) is 9.97 Å². The van der Waals surface area contributed by atoms with Crippen LogP contribution in [0.1, 0.15) is 172 Å². The Balaban J connectivity index is 0.000000256. The minimum absolute atomic E-state index is 0.0396. The van der Waals surface area contributed by atoms with Crippen LogP contribution in [0.5, 0.6) is 0 Å². The topological polar surface area (TPSA) is 260 Å². The summed E-state index contributed by atoms with van der Waals surface area (Å²) in [6.07, 6.45) is 24.6. The van der Waals surface area contributed by atoms with Gasteiger partial charge in [0.1, 0.15) is 24.8 Å². The summed E-state index contributed by atoms with van der Waals surface area (Å²) in [5, 5.41) is 67.9. The number of carbonyl (C=O) groups is 4. The minimum Gasteiger partial charge on any atom is -0.461 e. The van der Waals surface area contributed by atoms with Crippen LogP contribution in [0.25, 0.3) is 21.5 Å². The first-order valence-corrected chi connectivity index (χ1v) is 38.6. The third-order valence-electron chi connectivity index (χ3n) is 20.7. The number of aliphatic hydroxyl groups excluding tert-OH is 6. The number of alkyl halides is 2. The number of benzene rings is 6. The van der Waals surface area contributed by atoms with Gasteiger partial charge in [-0.25, -0.2) is 0 Å². The number of nitrogens with zero attached hydrogens (tertiary/aromatic N) is 2. The summed E-state index contributed by atoms with van der Waals surface area (Å²) in [6.45, 7) is 2.59. The third-order valence-corrected chi connectivity index (χ3v) is 20.7. The van der Waals surface area contributed by atoms with Crippen LogP contribution in [0.15, 0.2) is 207 Å². The smallest absolute Gasteiger partial charge is 0.306 e. The van der Waals surface area contributed by atoms with Crippen LogP contribution in [0.3, 0.4) is 0 Å². The lowest BCUT2D eigenvalue weighted by Crippen LogP contribution is -2.23. The number of ether oxygens (including phenoxy) is 2. The monoisotopic (exact) mass is 1470 g/mol. The molecule has 10 rings (SSSR count). The van der Waals surface area contributed by atoms with Crippen LogP contribution in [0.2, 0.25) is 0 Å². The Morgan fingerprint density at radius 1 is 0.486 bits per heavy atom. The molecule has 17 heteroatoms. The number of allylic oxidation sites excluding steroid dienone is 4. The SMILES string of the molecule is CCC(C(=O)Cc1ccc2cnccc2c1)c1ccc(COC(=O)CCC/C=C\C[C@@H]2[C@@H](CC[C@@H](O)CCc3ccccc3)[C@H](O)C[C@@H]2O)cc1.ClCCl.NCC(C(=O)Cc1ccc2cnccc2c1)c1ccc(COC(=O)CCC/C=C\C[C@@H]2[C@@H](CC[C@@H](O)CCc3ccccc3)[C@H](O)C[C@@H]2O)cc1. The Morgan fingerprint density at radius 2 is 0.876 bits per heavy atom. The van der Waals surface area contributed by atoms with E-state index in [1.807, 2.05) is 165 Å². The van der Waals surface area contributed by atoms with Crippen LogP contribution in [-0.4, -0.2) is 113 Å². The standard InChI is InChI=1S/C44H53NO6.C43H52N2O6.CH2Cl2/c1-2-38(41(47)27-33-16-20-36-29-45-25-24-35(36)26-33)34-18-14-32(15-19-34)30-51-44(50)13-9-4-3-8-12-39-40(43(49)28-42(39)48)23-22-37(46)21-17-31-10-6-5-7-11-31;44-27-39(40(47)25-32-14-18-35-28-45-23-22-34(35)24-32)33-16-12-31(13-17-33)29-51-43(50)11-7-2-1-6-10-37-38(42(49)26-41(37)48)21-20-36(46)19-15-30-8-4-3-5-9-30;2-1-3/h3,5-8,10-11,14-16,18-20,24-26,29,37-40,42-43,46,48-49H,2,4,9,12-13,17,21-23,27-28,30H2,1H3;1,3-6,8-9,12-14,16-18,22-24,28,36-39,41-42,46,48-49H,2,7,10-11,15,19-21,25-27,29,44H2;1H2/b8-3-;6-1-;/t37-,38?,39+,40+,42-,43+;36-,37+,38+,39?,41-,42+;/m00./s1. The lowest BCUT2D eigenvalue weighted by Gasteiger charge is -2.23. The maximum Gasteiger partial charge on any atom is 0.306 e. The van der Waals surface area contributed by atoms with Crippen molar-refractivity contribution in [3.63, 3.8) is 0 Å². The highest BCUT2D eigenvalue weighted by molar-refractivity contribution is 6.40. The zero-order valence-corrected chi connectivity index (χ0v) is 62.1. The molecule has 2 saturated carbocycles. The highest BCUT2D eigenvalue weighted by Crippen LogP contribution is 2.40. The summed E-state index contributed by atoms with van der Waals surface area (Å²) in [4.78, 5) is 59.5. The molecular formula is C88H107Cl2N3O12. The average Bonchev–Trinajstić information content (AvgIpc) is 1.83. The number of pyridine rings is 2. The van der Waals surface area contributed by atoms with Gasteiger partial charge in [0.15, 0.2) is 0 Å². The summed E-state index contributed by atoms with van der Waals surface area (Å²) < 4.78 is 11.0. The molecule has 2 unspecified atom stereocenters. The van der Waals surface area contributed by atoms with E-state index in [9.17, 15) is 49.8 Å². The highest BCUT2D eigenvalue weighted by Gasteiger charge is 2.42. The predicted molar refractivity (Wildman–Crippen MR) is 417 cm³/mol. The van der Waals surface area contributed by atoms with Crippen LogP contribution in [0, 0.1) is 23.7 Å². The number of aryl methyl sites for hydroxylation is 2. The average molecular weight is 1470 g/mol. The molecule has 0 aliphatic heterocycles. The largest absolute Gasteiger partial charge is 0.461 e. The predicted octanol–water partition coefficient (Wildman–Crippen LogP) is 15.6. The van der Waals surface area contributed by atoms with Gasteiger partial charge >= 0.3 is 11.9 Å². The minimum atomic E-state index is -0.561. The van der Waals surface area contributed by atoms with E-state index in [1.54, 1.807) is 18.6 Å². The Labute approximate surface area is 630 Å². The lowest BCUT2D eigenvalue weighted by atomic mass is 9.85. The molecule has 0 spiro atoms. The van der Waals surface area contributed by atoms with Crippen LogP contribution >= 0.6 is 23.2 Å². The second kappa shape index (κ2) is 45.0. The number of ketones is 2. The van der Waals surface area contributed by atoms with E-state index in [0.29, 0.717) is 116 Å². The van der Waals surface area contributed by atoms with Gasteiger partial charge in [-0.05, 0) is 200 Å². The molecule has 105 heavy (non-hydrogen) atoms. The van der Waals surface area contributed by atoms with Gasteiger partial charge in [0.05, 0.1) is 47.9 Å². The van der Waals surface area contributed by atoms with Crippen LogP contribution in [0.4, 0.5) is 0 Å². The van der Waals surface area contributed by atoms with Gasteiger partial charge in [-0.3, -0.25) is 29.1 Å². The molecule has 560 valence electrons. The number of hydrogen-bond acceptors (Lipinski definition) is 15. The van der Waals surface area contributed by atoms with Crippen molar-refractivity contribution in [3.8, 4) is 0 Å². The molecule has 2 aliphatic carbocycles. The number of aliphatic hydroxyl groups is 6. The van der Waals surface area contributed by atoms with Gasteiger partial charge in [-0.2, -0.15) is 0 Å². The summed E-state index contributed by atoms with van der Waals surface area (Å²) in [6, 6.07) is 51.4. The van der Waals surface area contributed by atoms with Gasteiger partial charge in [-0.15, -0.1) is 23.2 Å². The first-order valence-electron chi connectivity index (χ1n) is 37.5. The summed E-state index contributed by atoms with van der Waals surface area (Å²) in [7, 11) is 0. The molecule has 0 radical (unpaired) electrons. The first kappa shape index (κ1) is 82.8. The number of fused-ring (bicyclic) bond motifs is 2. The normalized spacial score (nSPS) is 19.7. The van der Waals surface area contributed by atoms with Crippen molar-refractivity contribution >= 4 is 68.3 Å². The summed E-state index contributed by atoms with van der Waals surface area (Å²) in [5.41, 5.74) is 13.9. The number of rotatable bonds is 38. The summed E-state index contributed by atoms with van der Waals surface area (Å²) in [5.74, 6) is -1.07. The fraction of sp³-hybridized carbons (Fsp3) is 0.432. The fourth-order valence-corrected chi connectivity index (χ4v) is 14.7. The number of aromatic nitrogens is 2. The zero-order valence-electron chi connectivity index (χ0n) is 60.6. The van der Waals surface area contributed by atoms with E-state index in [-0.39, 0.29) is 78.2 Å². The molecule has 8 N–H and O–H groups in total. The second-order valence-corrected chi connectivity index (χ2v) is 29.0. The molecule has 2 fully saturated rings. The molecule has 12 atom stereocenters. The second-order valence-electron chi connectivity index (χ2n) is 28.2. The Morgan fingerprint density at radius 3 is 1.29 bits per heavy atom. The van der Waals surface area contributed by atoms with Crippen molar-refractivity contribution in [2.45, 2.75) is 203 Å². The van der Waals surface area contributed by atoms with Gasteiger partial charge in [0, 0.05) is 73.7 Å². The van der Waals surface area contributed by atoms with E-state index in [4.69, 9.17) is 38.4 Å². The number of Topliss-reactive ketones (excluding diaryl/α,β-unsaturated/α-hetero) is 2. The lowest BCUT2D eigenvalue weighted by molar-refractivity contribution is -0.145. The molecule has 15 nitrogen and oxygen atoms in total. The maximum atomic E-state index is 13.2. The van der Waals surface area contributed by atoms with E-state index in [0.717, 1.165) is 74.2 Å². The van der Waals surface area contributed by atoms with Crippen LogP contribution < -0.4 is 5.73 Å². The molecule has 0 saturated heterocycles. The van der Waals surface area contributed by atoms with E-state index >= 15 is 0 Å². The van der Waals surface area contributed by atoms with Crippen molar-refractivity contribution < 1.29 is 59.3 Å². The Kier molecular flexibility index (Phi) is 35.5. The molecule has 0 amide bonds. The molecule has 0 bridgehead atoms. The van der Waals surface area contributed by atoms with Gasteiger partial charge < -0.3 is 45.8 Å². The van der Waals surface area contributed by atoms with Gasteiger partial charge in [0.2, 0.25) is 0 Å². The first-order chi connectivity index (χ1) is 51.0. The number of carbonyl (C=O) groups excluding carboxylic acids is 4. The van der Waals surface area contributed by atoms with Gasteiger partial charge in [-0.1, -0.05) is 177 Å². The molecule has 2 heterocycles. The van der Waals surface area contributed by atoms with E-state index in [2.05, 4.69) is 40.3 Å². The van der Waals surface area contributed by atoms with E-state index in [1.165, 1.54) is 11.1 Å². The Bertz CT molecular complexity index is 3700. The van der Waals surface area contributed by atoms with Crippen molar-refractivity contribution in [3.05, 3.63) is 251 Å². The van der Waals surface area contributed by atoms with Crippen molar-refractivity contribution in [2.75, 3.05) is 11.9 Å². The quantitative estimate of drug-likeness (QED) is 0.00821. The van der Waals surface area contributed by atoms with Crippen molar-refractivity contribution in [2.24, 2.45) is 29.4 Å². The third kappa shape index (κ3) is 27.5. The van der Waals surface area contributed by atoms with E-state index < -0.39 is 42.5 Å². The van der Waals surface area contributed by atoms with Crippen LogP contribution in [-0.2, 0) is 67.5 Å². The number of hydrogen-bond donors (Lipinski definition) is 7. The number of unbranched alkanes of at least 4 members (excludes halogenated alkanes) is 2. The Hall–Kier alpha value is -7.80. The molecular weight excluding hydrogens is 1360 g/mol. The molecule has 6 aromatic carbocycles. The maximum absolute atomic E-state index is 13.2. The molecule has 2 aliphatic rings. The number of halogens is 2. The molecule has 8 aromatic rings.